The maximum absolute atomic E-state index is 11.8. The summed E-state index contributed by atoms with van der Waals surface area (Å²) in [5.41, 5.74) is -0.471. The molecule has 0 bridgehead atoms. The Morgan fingerprint density at radius 1 is 1.38 bits per heavy atom. The maximum atomic E-state index is 11.8. The van der Waals surface area contributed by atoms with Gasteiger partial charge in [0.2, 0.25) is 10.0 Å². The van der Waals surface area contributed by atoms with Crippen LogP contribution >= 0.6 is 0 Å². The van der Waals surface area contributed by atoms with E-state index >= 15 is 0 Å². The van der Waals surface area contributed by atoms with Gasteiger partial charge in [-0.1, -0.05) is 0 Å². The van der Waals surface area contributed by atoms with Crippen molar-refractivity contribution >= 4 is 10.0 Å². The van der Waals surface area contributed by atoms with Gasteiger partial charge in [-0.25, -0.2) is 13.1 Å². The van der Waals surface area contributed by atoms with Crippen molar-refractivity contribution in [3.8, 4) is 0 Å². The van der Waals surface area contributed by atoms with Crippen LogP contribution in [0.5, 0.6) is 0 Å². The van der Waals surface area contributed by atoms with E-state index in [-0.39, 0.29) is 6.54 Å². The summed E-state index contributed by atoms with van der Waals surface area (Å²) in [6, 6.07) is 0. The van der Waals surface area contributed by atoms with Crippen molar-refractivity contribution in [2.75, 3.05) is 26.7 Å². The fraction of sp³-hybridized carbons (Fsp3) is 1.00. The minimum Gasteiger partial charge on any atom is -0.375 e. The molecule has 0 aromatic rings. The molecule has 0 aromatic carbocycles. The van der Waals surface area contributed by atoms with E-state index in [1.54, 1.807) is 14.0 Å². The number of hydrogen-bond donors (Lipinski definition) is 2. The Balaban J connectivity index is 4.28. The highest BCUT2D eigenvalue weighted by atomic mass is 32.2. The monoisotopic (exact) mass is 252 g/mol. The molecule has 0 rings (SSSR count). The fourth-order valence-corrected chi connectivity index (χ4v) is 2.47. The zero-order chi connectivity index (χ0) is 12.8. The molecule has 1 unspecified atom stereocenters. The standard InChI is InChI=1S/C10H24N2O3S/c1-6-15-10(3,4)8-12-16(13,14)9(2)7-11-5/h9,11-12H,6-8H2,1-5H3. The lowest BCUT2D eigenvalue weighted by Crippen LogP contribution is -2.45. The molecule has 0 aliphatic rings. The summed E-state index contributed by atoms with van der Waals surface area (Å²) in [4.78, 5) is 0. The molecule has 0 fully saturated rings. The Hall–Kier alpha value is -0.170. The van der Waals surface area contributed by atoms with Gasteiger partial charge < -0.3 is 10.1 Å². The predicted octanol–water partition coefficient (Wildman–Crippen LogP) is 0.329. The van der Waals surface area contributed by atoms with Gasteiger partial charge in [-0.05, 0) is 34.7 Å². The van der Waals surface area contributed by atoms with E-state index in [9.17, 15) is 8.42 Å². The Bertz CT molecular complexity index is 288. The third kappa shape index (κ3) is 5.79. The van der Waals surface area contributed by atoms with Crippen molar-refractivity contribution in [2.45, 2.75) is 38.5 Å². The largest absolute Gasteiger partial charge is 0.375 e. The Morgan fingerprint density at radius 3 is 2.38 bits per heavy atom. The summed E-state index contributed by atoms with van der Waals surface area (Å²) in [6.07, 6.45) is 0. The first-order valence-electron chi connectivity index (χ1n) is 5.52. The van der Waals surface area contributed by atoms with Crippen LogP contribution in [-0.4, -0.2) is 46.0 Å². The molecular weight excluding hydrogens is 228 g/mol. The topological polar surface area (TPSA) is 67.4 Å². The average molecular weight is 252 g/mol. The van der Waals surface area contributed by atoms with Gasteiger partial charge in [0.05, 0.1) is 10.9 Å². The molecule has 0 saturated carbocycles. The van der Waals surface area contributed by atoms with Crippen LogP contribution in [0.4, 0.5) is 0 Å². The van der Waals surface area contributed by atoms with Gasteiger partial charge in [-0.15, -0.1) is 0 Å². The average Bonchev–Trinajstić information content (AvgIpc) is 2.15. The molecule has 0 radical (unpaired) electrons. The van der Waals surface area contributed by atoms with E-state index in [0.717, 1.165) is 0 Å². The zero-order valence-electron chi connectivity index (χ0n) is 10.8. The second kappa shape index (κ2) is 6.54. The molecule has 0 saturated heterocycles. The number of rotatable bonds is 8. The molecule has 0 spiro atoms. The van der Waals surface area contributed by atoms with Crippen molar-refractivity contribution in [3.63, 3.8) is 0 Å². The number of hydrogen-bond acceptors (Lipinski definition) is 4. The van der Waals surface area contributed by atoms with Crippen LogP contribution in [0.15, 0.2) is 0 Å². The summed E-state index contributed by atoms with van der Waals surface area (Å²) in [5.74, 6) is 0. The van der Waals surface area contributed by atoms with Crippen LogP contribution in [0.25, 0.3) is 0 Å². The van der Waals surface area contributed by atoms with Gasteiger partial charge in [0.15, 0.2) is 0 Å². The molecule has 0 amide bonds. The molecule has 98 valence electrons. The molecule has 16 heavy (non-hydrogen) atoms. The third-order valence-electron chi connectivity index (χ3n) is 2.26. The number of nitrogens with one attached hydrogen (secondary N) is 2. The molecule has 0 aliphatic heterocycles. The highest BCUT2D eigenvalue weighted by Gasteiger charge is 2.24. The molecule has 5 nitrogen and oxygen atoms in total. The quantitative estimate of drug-likeness (QED) is 0.653. The molecule has 1 atom stereocenters. The zero-order valence-corrected chi connectivity index (χ0v) is 11.6. The van der Waals surface area contributed by atoms with E-state index in [2.05, 4.69) is 10.0 Å². The fourth-order valence-electron chi connectivity index (χ4n) is 1.26. The molecule has 0 aliphatic carbocycles. The van der Waals surface area contributed by atoms with E-state index in [4.69, 9.17) is 4.74 Å². The van der Waals surface area contributed by atoms with Gasteiger partial charge in [-0.2, -0.15) is 0 Å². The van der Waals surface area contributed by atoms with Crippen LogP contribution < -0.4 is 10.0 Å². The molecule has 0 heterocycles. The van der Waals surface area contributed by atoms with Crippen molar-refractivity contribution in [2.24, 2.45) is 0 Å². The van der Waals surface area contributed by atoms with Crippen LogP contribution in [0, 0.1) is 0 Å². The SMILES string of the molecule is CCOC(C)(C)CNS(=O)(=O)C(C)CNC. The minimum atomic E-state index is -3.27. The minimum absolute atomic E-state index is 0.289. The van der Waals surface area contributed by atoms with Crippen molar-refractivity contribution in [3.05, 3.63) is 0 Å². The van der Waals surface area contributed by atoms with Gasteiger partial charge in [-0.3, -0.25) is 0 Å². The van der Waals surface area contributed by atoms with Crippen LogP contribution in [0.1, 0.15) is 27.7 Å². The highest BCUT2D eigenvalue weighted by Crippen LogP contribution is 2.08. The third-order valence-corrected chi connectivity index (χ3v) is 4.03. The van der Waals surface area contributed by atoms with Crippen LogP contribution in [-0.2, 0) is 14.8 Å². The lowest BCUT2D eigenvalue weighted by atomic mass is 10.1. The predicted molar refractivity (Wildman–Crippen MR) is 66.0 cm³/mol. The Labute approximate surface area is 99.0 Å². The lowest BCUT2D eigenvalue weighted by molar-refractivity contribution is -0.00517. The number of sulfonamides is 1. The second-order valence-electron chi connectivity index (χ2n) is 4.43. The maximum Gasteiger partial charge on any atom is 0.215 e. The first-order chi connectivity index (χ1) is 7.25. The van der Waals surface area contributed by atoms with E-state index < -0.39 is 20.9 Å². The lowest BCUT2D eigenvalue weighted by Gasteiger charge is -2.25. The summed E-state index contributed by atoms with van der Waals surface area (Å²) in [6.45, 7) is 8.58. The normalized spacial score (nSPS) is 15.1. The van der Waals surface area contributed by atoms with E-state index in [1.165, 1.54) is 0 Å². The summed E-state index contributed by atoms with van der Waals surface area (Å²) < 4.78 is 31.5. The highest BCUT2D eigenvalue weighted by molar-refractivity contribution is 7.90. The smallest absolute Gasteiger partial charge is 0.215 e. The Kier molecular flexibility index (Phi) is 6.47. The second-order valence-corrected chi connectivity index (χ2v) is 6.61. The van der Waals surface area contributed by atoms with Crippen molar-refractivity contribution < 1.29 is 13.2 Å². The summed E-state index contributed by atoms with van der Waals surface area (Å²) >= 11 is 0. The summed E-state index contributed by atoms with van der Waals surface area (Å²) in [5, 5.41) is 2.40. The first kappa shape index (κ1) is 15.8. The molecular formula is C10H24N2O3S. The molecule has 0 aromatic heterocycles. The van der Waals surface area contributed by atoms with Gasteiger partial charge in [0, 0.05) is 19.7 Å². The van der Waals surface area contributed by atoms with Gasteiger partial charge in [0.1, 0.15) is 0 Å². The van der Waals surface area contributed by atoms with E-state index in [1.807, 2.05) is 20.8 Å². The Morgan fingerprint density at radius 2 is 1.94 bits per heavy atom. The van der Waals surface area contributed by atoms with Gasteiger partial charge in [0.25, 0.3) is 0 Å². The van der Waals surface area contributed by atoms with Crippen molar-refractivity contribution in [1.29, 1.82) is 0 Å². The van der Waals surface area contributed by atoms with Crippen LogP contribution in [0.2, 0.25) is 0 Å². The van der Waals surface area contributed by atoms with E-state index in [0.29, 0.717) is 13.2 Å². The first-order valence-corrected chi connectivity index (χ1v) is 7.07. The molecule has 6 heteroatoms. The number of ether oxygens (including phenoxy) is 1. The molecule has 2 N–H and O–H groups in total. The summed E-state index contributed by atoms with van der Waals surface area (Å²) in [7, 11) is -1.53. The van der Waals surface area contributed by atoms with Gasteiger partial charge >= 0.3 is 0 Å². The van der Waals surface area contributed by atoms with Crippen molar-refractivity contribution in [1.82, 2.24) is 10.0 Å². The van der Waals surface area contributed by atoms with Crippen LogP contribution in [0.3, 0.4) is 0 Å².